The Morgan fingerprint density at radius 1 is 0.824 bits per heavy atom. The molecule has 176 valence electrons. The molecule has 0 bridgehead atoms. The normalized spacial score (nSPS) is 11.2. The number of nitrogens with one attached hydrogen (secondary N) is 1. The predicted molar refractivity (Wildman–Crippen MR) is 145 cm³/mol. The van der Waals surface area contributed by atoms with Crippen LogP contribution >= 0.6 is 24.8 Å². The second-order valence-corrected chi connectivity index (χ2v) is 8.03. The van der Waals surface area contributed by atoms with Crippen LogP contribution in [0, 0.1) is 13.8 Å². The molecule has 6 heteroatoms. The van der Waals surface area contributed by atoms with Gasteiger partial charge in [0.05, 0.1) is 6.04 Å². The van der Waals surface area contributed by atoms with Gasteiger partial charge in [0.15, 0.2) is 0 Å². The van der Waals surface area contributed by atoms with E-state index in [-0.39, 0.29) is 36.6 Å². The molecule has 1 heterocycles. The number of rotatable bonds is 6. The van der Waals surface area contributed by atoms with Crippen LogP contribution in [0.2, 0.25) is 0 Å². The lowest BCUT2D eigenvalue weighted by Crippen LogP contribution is -2.41. The maximum Gasteiger partial charge on any atom is 0.242 e. The summed E-state index contributed by atoms with van der Waals surface area (Å²) in [5.41, 5.74) is 13.6. The van der Waals surface area contributed by atoms with Crippen LogP contribution in [0.4, 0.5) is 5.69 Å². The van der Waals surface area contributed by atoms with Gasteiger partial charge in [0.1, 0.15) is 0 Å². The lowest BCUT2D eigenvalue weighted by atomic mass is 9.85. The third-order valence-corrected chi connectivity index (χ3v) is 5.68. The topological polar surface area (TPSA) is 68.0 Å². The van der Waals surface area contributed by atoms with Crippen LogP contribution in [0.5, 0.6) is 0 Å². The number of amides is 1. The number of nitrogens with zero attached hydrogens (tertiary/aromatic N) is 1. The number of pyridine rings is 1. The number of anilines is 1. The number of halogens is 2. The molecule has 1 atom stereocenters. The molecule has 4 aromatic rings. The number of hydrogen-bond acceptors (Lipinski definition) is 3. The summed E-state index contributed by atoms with van der Waals surface area (Å²) < 4.78 is 0. The molecule has 3 aromatic carbocycles. The zero-order valence-electron chi connectivity index (χ0n) is 19.1. The summed E-state index contributed by atoms with van der Waals surface area (Å²) in [5.74, 6) is -0.453. The number of benzene rings is 3. The molecule has 0 aliphatic heterocycles. The molecule has 0 fully saturated rings. The minimum atomic E-state index is -0.732. The van der Waals surface area contributed by atoms with E-state index in [0.717, 1.165) is 39.2 Å². The molecule has 0 spiro atoms. The highest BCUT2D eigenvalue weighted by Crippen LogP contribution is 2.29. The van der Waals surface area contributed by atoms with Crippen LogP contribution in [-0.2, 0) is 4.79 Å². The summed E-state index contributed by atoms with van der Waals surface area (Å²) in [6, 6.07) is 29.0. The van der Waals surface area contributed by atoms with E-state index in [4.69, 9.17) is 5.73 Å². The molecule has 0 saturated heterocycles. The first kappa shape index (κ1) is 27.1. The molecule has 34 heavy (non-hydrogen) atoms. The monoisotopic (exact) mass is 493 g/mol. The van der Waals surface area contributed by atoms with Crippen molar-refractivity contribution in [3.63, 3.8) is 0 Å². The van der Waals surface area contributed by atoms with E-state index < -0.39 is 6.04 Å². The fourth-order valence-electron chi connectivity index (χ4n) is 3.98. The van der Waals surface area contributed by atoms with E-state index in [1.807, 2.05) is 105 Å². The van der Waals surface area contributed by atoms with Gasteiger partial charge in [-0.05, 0) is 59.9 Å². The molecule has 1 aromatic heterocycles. The van der Waals surface area contributed by atoms with Gasteiger partial charge in [-0.3, -0.25) is 9.78 Å². The second kappa shape index (κ2) is 12.3. The zero-order chi connectivity index (χ0) is 22.5. The number of hydrogen-bond donors (Lipinski definition) is 2. The molecule has 0 radical (unpaired) electrons. The lowest BCUT2D eigenvalue weighted by Gasteiger charge is -2.24. The standard InChI is InChI=1S/C28H27N3O.2ClH/c1-19-18-30-20(2)17-25(19)21-13-15-24(16-14-21)31-28(32)27(29)26(22-9-5-3-6-10-22)23-11-7-4-8-12-23;;/h3-18,26-27H,29H2,1-2H3,(H,31,32);2*1H. The average molecular weight is 494 g/mol. The van der Waals surface area contributed by atoms with Crippen molar-refractivity contribution < 1.29 is 4.79 Å². The van der Waals surface area contributed by atoms with Gasteiger partial charge in [0, 0.05) is 23.5 Å². The van der Waals surface area contributed by atoms with Crippen molar-refractivity contribution in [2.75, 3.05) is 5.32 Å². The second-order valence-electron chi connectivity index (χ2n) is 8.03. The molecule has 4 rings (SSSR count). The molecule has 0 aliphatic carbocycles. The van der Waals surface area contributed by atoms with E-state index in [1.54, 1.807) is 0 Å². The Morgan fingerprint density at radius 3 is 1.88 bits per heavy atom. The van der Waals surface area contributed by atoms with Gasteiger partial charge in [-0.25, -0.2) is 0 Å². The van der Waals surface area contributed by atoms with E-state index in [1.165, 1.54) is 0 Å². The van der Waals surface area contributed by atoms with Crippen molar-refractivity contribution in [3.05, 3.63) is 120 Å². The van der Waals surface area contributed by atoms with Crippen molar-refractivity contribution in [1.29, 1.82) is 0 Å². The third-order valence-electron chi connectivity index (χ3n) is 5.68. The van der Waals surface area contributed by atoms with Crippen molar-refractivity contribution in [3.8, 4) is 11.1 Å². The third kappa shape index (κ3) is 6.23. The summed E-state index contributed by atoms with van der Waals surface area (Å²) >= 11 is 0. The SMILES string of the molecule is Cc1cc(-c2ccc(NC(=O)C(N)C(c3ccccc3)c3ccccc3)cc2)c(C)cn1.Cl.Cl. The molecule has 1 unspecified atom stereocenters. The summed E-state index contributed by atoms with van der Waals surface area (Å²) in [4.78, 5) is 17.4. The Labute approximate surface area is 213 Å². The van der Waals surface area contributed by atoms with Crippen LogP contribution in [-0.4, -0.2) is 16.9 Å². The average Bonchev–Trinajstić information content (AvgIpc) is 2.83. The van der Waals surface area contributed by atoms with Gasteiger partial charge in [0.2, 0.25) is 5.91 Å². The summed E-state index contributed by atoms with van der Waals surface area (Å²) in [6.07, 6.45) is 1.88. The molecule has 4 nitrogen and oxygen atoms in total. The number of carbonyl (C=O) groups excluding carboxylic acids is 1. The highest BCUT2D eigenvalue weighted by atomic mass is 35.5. The van der Waals surface area contributed by atoms with Gasteiger partial charge in [0.25, 0.3) is 0 Å². The van der Waals surface area contributed by atoms with E-state index >= 15 is 0 Å². The van der Waals surface area contributed by atoms with Gasteiger partial charge in [-0.1, -0.05) is 72.8 Å². The van der Waals surface area contributed by atoms with Crippen LogP contribution in [0.3, 0.4) is 0 Å². The highest BCUT2D eigenvalue weighted by molar-refractivity contribution is 5.96. The van der Waals surface area contributed by atoms with Gasteiger partial charge in [-0.15, -0.1) is 24.8 Å². The lowest BCUT2D eigenvalue weighted by molar-refractivity contribution is -0.117. The van der Waals surface area contributed by atoms with Gasteiger partial charge >= 0.3 is 0 Å². The first-order valence-corrected chi connectivity index (χ1v) is 10.7. The largest absolute Gasteiger partial charge is 0.325 e. The fourth-order valence-corrected chi connectivity index (χ4v) is 3.98. The smallest absolute Gasteiger partial charge is 0.242 e. The van der Waals surface area contributed by atoms with Crippen molar-refractivity contribution >= 4 is 36.4 Å². The van der Waals surface area contributed by atoms with Crippen LogP contribution in [0.1, 0.15) is 28.3 Å². The molecular formula is C28H29Cl2N3O. The Hall–Kier alpha value is -3.18. The molecule has 0 aliphatic rings. The number of nitrogens with two attached hydrogens (primary N) is 1. The Balaban J connectivity index is 0.00000204. The predicted octanol–water partition coefficient (Wildman–Crippen LogP) is 6.31. The number of carbonyl (C=O) groups is 1. The highest BCUT2D eigenvalue weighted by Gasteiger charge is 2.27. The fraction of sp³-hybridized carbons (Fsp3) is 0.143. The molecule has 1 amide bonds. The molecule has 3 N–H and O–H groups in total. The van der Waals surface area contributed by atoms with E-state index in [9.17, 15) is 4.79 Å². The van der Waals surface area contributed by atoms with Crippen LogP contribution < -0.4 is 11.1 Å². The molecule has 0 saturated carbocycles. The number of aryl methyl sites for hydroxylation is 2. The van der Waals surface area contributed by atoms with Gasteiger partial charge in [-0.2, -0.15) is 0 Å². The quantitative estimate of drug-likeness (QED) is 0.330. The van der Waals surface area contributed by atoms with Crippen LogP contribution in [0.25, 0.3) is 11.1 Å². The van der Waals surface area contributed by atoms with E-state index in [2.05, 4.69) is 16.4 Å². The Bertz CT molecular complexity index is 1160. The first-order valence-electron chi connectivity index (χ1n) is 10.7. The Morgan fingerprint density at radius 2 is 1.35 bits per heavy atom. The van der Waals surface area contributed by atoms with Crippen molar-refractivity contribution in [2.45, 2.75) is 25.8 Å². The zero-order valence-corrected chi connectivity index (χ0v) is 20.8. The van der Waals surface area contributed by atoms with Crippen molar-refractivity contribution in [2.24, 2.45) is 5.73 Å². The first-order chi connectivity index (χ1) is 15.5. The Kier molecular flexibility index (Phi) is 9.82. The minimum absolute atomic E-state index is 0. The molecular weight excluding hydrogens is 465 g/mol. The minimum Gasteiger partial charge on any atom is -0.325 e. The summed E-state index contributed by atoms with van der Waals surface area (Å²) in [7, 11) is 0. The maximum absolute atomic E-state index is 13.1. The summed E-state index contributed by atoms with van der Waals surface area (Å²) in [6.45, 7) is 4.03. The van der Waals surface area contributed by atoms with Gasteiger partial charge < -0.3 is 11.1 Å². The summed E-state index contributed by atoms with van der Waals surface area (Å²) in [5, 5.41) is 2.99. The van der Waals surface area contributed by atoms with Crippen molar-refractivity contribution in [1.82, 2.24) is 4.98 Å². The van der Waals surface area contributed by atoms with Crippen LogP contribution in [0.15, 0.2) is 97.2 Å². The maximum atomic E-state index is 13.1. The number of aromatic nitrogens is 1. The van der Waals surface area contributed by atoms with E-state index in [0.29, 0.717) is 0 Å².